The van der Waals surface area contributed by atoms with Crippen LogP contribution in [0.4, 0.5) is 11.4 Å². The molecule has 0 spiro atoms. The lowest BCUT2D eigenvalue weighted by atomic mass is 10.1. The highest BCUT2D eigenvalue weighted by molar-refractivity contribution is 7.91. The van der Waals surface area contributed by atoms with Crippen molar-refractivity contribution in [1.82, 2.24) is 5.32 Å². The van der Waals surface area contributed by atoms with E-state index < -0.39 is 9.84 Å². The second-order valence-electron chi connectivity index (χ2n) is 5.29. The largest absolute Gasteiger partial charge is 0.397 e. The van der Waals surface area contributed by atoms with E-state index >= 15 is 0 Å². The van der Waals surface area contributed by atoms with Gasteiger partial charge in [0.25, 0.3) is 5.91 Å². The molecule has 0 aliphatic carbocycles. The molecule has 6 nitrogen and oxygen atoms in total. The van der Waals surface area contributed by atoms with Crippen molar-refractivity contribution in [3.8, 4) is 0 Å². The van der Waals surface area contributed by atoms with E-state index in [0.29, 0.717) is 24.3 Å². The van der Waals surface area contributed by atoms with Crippen molar-refractivity contribution in [1.29, 1.82) is 0 Å². The van der Waals surface area contributed by atoms with Gasteiger partial charge in [-0.05, 0) is 32.0 Å². The summed E-state index contributed by atoms with van der Waals surface area (Å²) in [5.74, 6) is 0.0658. The van der Waals surface area contributed by atoms with Crippen LogP contribution in [0.25, 0.3) is 0 Å². The standard InChI is InChI=1S/C14H21N3O3S/c1-3-16-14(18)11-4-5-12(15)13(8-11)17-6-7-21(19,20)9-10(17)2/h4-5,8,10H,3,6-7,9,15H2,1-2H3,(H,16,18). The van der Waals surface area contributed by atoms with Crippen molar-refractivity contribution < 1.29 is 13.2 Å². The molecule has 1 aromatic carbocycles. The van der Waals surface area contributed by atoms with Gasteiger partial charge in [0, 0.05) is 24.7 Å². The highest BCUT2D eigenvalue weighted by atomic mass is 32.2. The first-order chi connectivity index (χ1) is 9.84. The number of nitrogens with one attached hydrogen (secondary N) is 1. The zero-order valence-corrected chi connectivity index (χ0v) is 13.1. The minimum Gasteiger partial charge on any atom is -0.397 e. The van der Waals surface area contributed by atoms with Gasteiger partial charge in [-0.1, -0.05) is 0 Å². The number of nitrogen functional groups attached to an aromatic ring is 1. The Morgan fingerprint density at radius 2 is 2.19 bits per heavy atom. The number of nitrogens with zero attached hydrogens (tertiary/aromatic N) is 1. The lowest BCUT2D eigenvalue weighted by Crippen LogP contribution is -2.47. The van der Waals surface area contributed by atoms with Gasteiger partial charge in [-0.2, -0.15) is 0 Å². The minimum atomic E-state index is -2.98. The zero-order chi connectivity index (χ0) is 15.6. The van der Waals surface area contributed by atoms with E-state index in [0.717, 1.165) is 5.69 Å². The normalized spacial score (nSPS) is 21.0. The fourth-order valence-electron chi connectivity index (χ4n) is 2.55. The molecule has 1 unspecified atom stereocenters. The molecule has 116 valence electrons. The predicted molar refractivity (Wildman–Crippen MR) is 84.3 cm³/mol. The van der Waals surface area contributed by atoms with Crippen molar-refractivity contribution in [3.63, 3.8) is 0 Å². The van der Waals surface area contributed by atoms with Gasteiger partial charge < -0.3 is 16.0 Å². The van der Waals surface area contributed by atoms with Crippen LogP contribution in [-0.2, 0) is 9.84 Å². The molecule has 1 amide bonds. The number of nitrogens with two attached hydrogens (primary N) is 1. The molecule has 2 rings (SSSR count). The predicted octanol–water partition coefficient (Wildman–Crippen LogP) is 0.642. The number of rotatable bonds is 3. The highest BCUT2D eigenvalue weighted by Gasteiger charge is 2.29. The number of amides is 1. The molecule has 21 heavy (non-hydrogen) atoms. The number of anilines is 2. The summed E-state index contributed by atoms with van der Waals surface area (Å²) in [5, 5.41) is 2.74. The lowest BCUT2D eigenvalue weighted by molar-refractivity contribution is 0.0956. The van der Waals surface area contributed by atoms with Crippen molar-refractivity contribution in [2.45, 2.75) is 19.9 Å². The van der Waals surface area contributed by atoms with E-state index in [1.165, 1.54) is 0 Å². The van der Waals surface area contributed by atoms with Crippen LogP contribution < -0.4 is 16.0 Å². The summed E-state index contributed by atoms with van der Waals surface area (Å²) in [7, 11) is -2.98. The Hall–Kier alpha value is -1.76. The third-order valence-corrected chi connectivity index (χ3v) is 5.40. The molecule has 0 aromatic heterocycles. The molecule has 1 atom stereocenters. The monoisotopic (exact) mass is 311 g/mol. The summed E-state index contributed by atoms with van der Waals surface area (Å²) < 4.78 is 23.3. The van der Waals surface area contributed by atoms with Crippen LogP contribution in [0, 0.1) is 0 Å². The lowest BCUT2D eigenvalue weighted by Gasteiger charge is -2.36. The van der Waals surface area contributed by atoms with Gasteiger partial charge in [0.1, 0.15) is 0 Å². The van der Waals surface area contributed by atoms with E-state index in [4.69, 9.17) is 5.73 Å². The summed E-state index contributed by atoms with van der Waals surface area (Å²) in [4.78, 5) is 13.9. The van der Waals surface area contributed by atoms with E-state index in [1.807, 2.05) is 18.7 Å². The number of carbonyl (C=O) groups excluding carboxylic acids is 1. The number of benzene rings is 1. The van der Waals surface area contributed by atoms with Gasteiger partial charge >= 0.3 is 0 Å². The summed E-state index contributed by atoms with van der Waals surface area (Å²) in [6.45, 7) is 4.66. The highest BCUT2D eigenvalue weighted by Crippen LogP contribution is 2.28. The van der Waals surface area contributed by atoms with E-state index in [-0.39, 0.29) is 23.5 Å². The number of sulfone groups is 1. The van der Waals surface area contributed by atoms with Gasteiger partial charge in [-0.15, -0.1) is 0 Å². The van der Waals surface area contributed by atoms with Crippen LogP contribution in [-0.4, -0.2) is 45.0 Å². The van der Waals surface area contributed by atoms with Crippen molar-refractivity contribution in [2.75, 3.05) is 35.2 Å². The third-order valence-electron chi connectivity index (χ3n) is 3.61. The summed E-state index contributed by atoms with van der Waals surface area (Å²) >= 11 is 0. The van der Waals surface area contributed by atoms with Gasteiger partial charge in [0.05, 0.1) is 22.9 Å². The second kappa shape index (κ2) is 5.93. The van der Waals surface area contributed by atoms with Crippen LogP contribution in [0.5, 0.6) is 0 Å². The number of hydrogen-bond donors (Lipinski definition) is 2. The first-order valence-corrected chi connectivity index (χ1v) is 8.81. The summed E-state index contributed by atoms with van der Waals surface area (Å²) in [6, 6.07) is 4.94. The first kappa shape index (κ1) is 15.6. The topological polar surface area (TPSA) is 92.5 Å². The average molecular weight is 311 g/mol. The maximum absolute atomic E-state index is 11.9. The first-order valence-electron chi connectivity index (χ1n) is 6.99. The van der Waals surface area contributed by atoms with Crippen molar-refractivity contribution >= 4 is 27.1 Å². The SMILES string of the molecule is CCNC(=O)c1ccc(N)c(N2CCS(=O)(=O)CC2C)c1. The van der Waals surface area contributed by atoms with Crippen LogP contribution in [0.15, 0.2) is 18.2 Å². The van der Waals surface area contributed by atoms with E-state index in [2.05, 4.69) is 5.32 Å². The van der Waals surface area contributed by atoms with E-state index in [1.54, 1.807) is 18.2 Å². The Morgan fingerprint density at radius 3 is 2.81 bits per heavy atom. The van der Waals surface area contributed by atoms with Crippen molar-refractivity contribution in [2.24, 2.45) is 0 Å². The number of carbonyl (C=O) groups is 1. The van der Waals surface area contributed by atoms with Gasteiger partial charge in [0.2, 0.25) is 0 Å². The van der Waals surface area contributed by atoms with E-state index in [9.17, 15) is 13.2 Å². The van der Waals surface area contributed by atoms with Gasteiger partial charge in [0.15, 0.2) is 9.84 Å². The Morgan fingerprint density at radius 1 is 1.48 bits per heavy atom. The fourth-order valence-corrected chi connectivity index (χ4v) is 4.11. The molecule has 1 aliphatic rings. The van der Waals surface area contributed by atoms with Gasteiger partial charge in [-0.25, -0.2) is 8.42 Å². The molecule has 7 heteroatoms. The van der Waals surface area contributed by atoms with Crippen LogP contribution >= 0.6 is 0 Å². The van der Waals surface area contributed by atoms with Crippen LogP contribution in [0.2, 0.25) is 0 Å². The van der Waals surface area contributed by atoms with Crippen molar-refractivity contribution in [3.05, 3.63) is 23.8 Å². The minimum absolute atomic E-state index is 0.109. The van der Waals surface area contributed by atoms with Gasteiger partial charge in [-0.3, -0.25) is 4.79 Å². The molecule has 3 N–H and O–H groups in total. The molecular weight excluding hydrogens is 290 g/mol. The fraction of sp³-hybridized carbons (Fsp3) is 0.500. The molecular formula is C14H21N3O3S. The molecule has 1 fully saturated rings. The quantitative estimate of drug-likeness (QED) is 0.799. The second-order valence-corrected chi connectivity index (χ2v) is 7.52. The van der Waals surface area contributed by atoms with Crippen LogP contribution in [0.1, 0.15) is 24.2 Å². The summed E-state index contributed by atoms with van der Waals surface area (Å²) in [5.41, 5.74) is 7.80. The zero-order valence-electron chi connectivity index (χ0n) is 12.3. The molecule has 0 bridgehead atoms. The summed E-state index contributed by atoms with van der Waals surface area (Å²) in [6.07, 6.45) is 0. The average Bonchev–Trinajstić information content (AvgIpc) is 2.39. The molecule has 0 radical (unpaired) electrons. The molecule has 1 heterocycles. The molecule has 1 aliphatic heterocycles. The maximum Gasteiger partial charge on any atom is 0.251 e. The Bertz CT molecular complexity index is 643. The molecule has 1 aromatic rings. The Kier molecular flexibility index (Phi) is 4.41. The smallest absolute Gasteiger partial charge is 0.251 e. The Balaban J connectivity index is 2.31. The van der Waals surface area contributed by atoms with Crippen LogP contribution in [0.3, 0.4) is 0 Å². The molecule has 0 saturated carbocycles. The Labute approximate surface area is 125 Å². The third kappa shape index (κ3) is 3.47. The maximum atomic E-state index is 11.9. The number of hydrogen-bond acceptors (Lipinski definition) is 5. The molecule has 1 saturated heterocycles.